The second-order valence-electron chi connectivity index (χ2n) is 8.22. The van der Waals surface area contributed by atoms with Gasteiger partial charge in [-0.2, -0.15) is 0 Å². The van der Waals surface area contributed by atoms with Gasteiger partial charge in [0.1, 0.15) is 4.88 Å². The van der Waals surface area contributed by atoms with Crippen LogP contribution < -0.4 is 5.56 Å². The number of thiophene rings is 1. The number of halogens is 1. The number of aromatic nitrogens is 1. The third-order valence-corrected chi connectivity index (χ3v) is 7.65. The number of hydrogen-bond donors (Lipinski definition) is 1. The van der Waals surface area contributed by atoms with Gasteiger partial charge in [0.25, 0.3) is 11.5 Å². The van der Waals surface area contributed by atoms with Crippen LogP contribution >= 0.6 is 22.9 Å². The lowest BCUT2D eigenvalue weighted by molar-refractivity contribution is 0.0510. The van der Waals surface area contributed by atoms with Gasteiger partial charge >= 0.3 is 0 Å². The number of benzene rings is 2. The Morgan fingerprint density at radius 1 is 1.25 bits per heavy atom. The molecule has 3 heterocycles. The Morgan fingerprint density at radius 3 is 2.88 bits per heavy atom. The van der Waals surface area contributed by atoms with Gasteiger partial charge in [0, 0.05) is 28.8 Å². The number of aromatic amines is 1. The summed E-state index contributed by atoms with van der Waals surface area (Å²) in [6.45, 7) is 3.29. The van der Waals surface area contributed by atoms with Crippen molar-refractivity contribution >= 4 is 49.8 Å². The summed E-state index contributed by atoms with van der Waals surface area (Å²) >= 11 is 7.99. The van der Waals surface area contributed by atoms with Gasteiger partial charge in [-0.05, 0) is 42.8 Å². The Bertz CT molecular complexity index is 1370. The molecule has 5 rings (SSSR count). The van der Waals surface area contributed by atoms with Crippen molar-refractivity contribution in [3.8, 4) is 0 Å². The van der Waals surface area contributed by atoms with E-state index >= 15 is 0 Å². The number of pyridine rings is 1. The fourth-order valence-corrected chi connectivity index (χ4v) is 5.78. The van der Waals surface area contributed by atoms with E-state index in [1.807, 2.05) is 55.5 Å². The standard InChI is InChI=1S/C25H23ClN2O3S/c1-15-6-4-7-16-12-17(24(29)27-22(15)16)13-28(14-18-8-5-11-31-18)25(30)23-21(26)19-9-2-3-10-20(19)32-23/h2-4,6-7,9-10,12,18H,5,8,11,13-14H2,1H3,(H,27,29)/t18-/m0/s1. The lowest BCUT2D eigenvalue weighted by atomic mass is 10.1. The summed E-state index contributed by atoms with van der Waals surface area (Å²) < 4.78 is 6.77. The van der Waals surface area contributed by atoms with E-state index in [-0.39, 0.29) is 24.1 Å². The molecule has 164 valence electrons. The van der Waals surface area contributed by atoms with E-state index in [1.54, 1.807) is 4.90 Å². The summed E-state index contributed by atoms with van der Waals surface area (Å²) in [5, 5.41) is 2.29. The number of nitrogens with zero attached hydrogens (tertiary/aromatic N) is 1. The molecule has 0 radical (unpaired) electrons. The van der Waals surface area contributed by atoms with Gasteiger partial charge in [-0.15, -0.1) is 11.3 Å². The molecule has 7 heteroatoms. The topological polar surface area (TPSA) is 62.4 Å². The number of ether oxygens (including phenoxy) is 1. The van der Waals surface area contributed by atoms with E-state index in [1.165, 1.54) is 11.3 Å². The van der Waals surface area contributed by atoms with Gasteiger partial charge in [0.15, 0.2) is 0 Å². The minimum Gasteiger partial charge on any atom is -0.376 e. The van der Waals surface area contributed by atoms with Crippen molar-refractivity contribution in [1.29, 1.82) is 0 Å². The zero-order valence-corrected chi connectivity index (χ0v) is 19.3. The van der Waals surface area contributed by atoms with Gasteiger partial charge in [-0.3, -0.25) is 9.59 Å². The Balaban J connectivity index is 1.53. The molecule has 1 fully saturated rings. The van der Waals surface area contributed by atoms with Crippen LogP contribution in [-0.4, -0.2) is 35.0 Å². The Hall–Kier alpha value is -2.67. The molecule has 0 spiro atoms. The number of fused-ring (bicyclic) bond motifs is 2. The zero-order valence-electron chi connectivity index (χ0n) is 17.7. The highest BCUT2D eigenvalue weighted by Crippen LogP contribution is 2.36. The molecule has 1 atom stereocenters. The van der Waals surface area contributed by atoms with Crippen molar-refractivity contribution in [2.45, 2.75) is 32.4 Å². The van der Waals surface area contributed by atoms with E-state index in [0.717, 1.165) is 39.4 Å². The maximum absolute atomic E-state index is 13.6. The number of nitrogens with one attached hydrogen (secondary N) is 1. The van der Waals surface area contributed by atoms with Crippen LogP contribution in [0.1, 0.15) is 33.6 Å². The normalized spacial score (nSPS) is 16.1. The summed E-state index contributed by atoms with van der Waals surface area (Å²) in [6.07, 6.45) is 1.84. The third-order valence-electron chi connectivity index (χ3n) is 5.99. The maximum Gasteiger partial charge on any atom is 0.265 e. The summed E-state index contributed by atoms with van der Waals surface area (Å²) in [6, 6.07) is 15.5. The number of rotatable bonds is 5. The van der Waals surface area contributed by atoms with E-state index in [2.05, 4.69) is 4.98 Å². The Labute approximate surface area is 194 Å². The van der Waals surface area contributed by atoms with Crippen molar-refractivity contribution in [1.82, 2.24) is 9.88 Å². The highest BCUT2D eigenvalue weighted by molar-refractivity contribution is 7.21. The zero-order chi connectivity index (χ0) is 22.2. The van der Waals surface area contributed by atoms with Crippen LogP contribution in [0.15, 0.2) is 53.3 Å². The van der Waals surface area contributed by atoms with Crippen LogP contribution in [-0.2, 0) is 11.3 Å². The van der Waals surface area contributed by atoms with E-state index in [4.69, 9.17) is 16.3 Å². The SMILES string of the molecule is Cc1cccc2cc(CN(C[C@@H]3CCCO3)C(=O)c3sc4ccccc4c3Cl)c(=O)[nH]c12. The van der Waals surface area contributed by atoms with Crippen molar-refractivity contribution in [2.24, 2.45) is 0 Å². The number of H-pyrrole nitrogens is 1. The van der Waals surface area contributed by atoms with Crippen LogP contribution in [0.4, 0.5) is 0 Å². The maximum atomic E-state index is 13.6. The quantitative estimate of drug-likeness (QED) is 0.421. The van der Waals surface area contributed by atoms with Crippen molar-refractivity contribution in [2.75, 3.05) is 13.2 Å². The molecule has 1 aliphatic rings. The summed E-state index contributed by atoms with van der Waals surface area (Å²) in [4.78, 5) is 31.7. The van der Waals surface area contributed by atoms with Gasteiger partial charge < -0.3 is 14.6 Å². The number of aryl methyl sites for hydroxylation is 1. The Kier molecular flexibility index (Phi) is 5.76. The van der Waals surface area contributed by atoms with E-state index in [0.29, 0.717) is 28.6 Å². The molecule has 2 aromatic heterocycles. The van der Waals surface area contributed by atoms with Gasteiger partial charge in [-0.25, -0.2) is 0 Å². The molecule has 0 bridgehead atoms. The van der Waals surface area contributed by atoms with E-state index < -0.39 is 0 Å². The molecule has 1 amide bonds. The third kappa shape index (κ3) is 3.94. The van der Waals surface area contributed by atoms with Crippen LogP contribution in [0.3, 0.4) is 0 Å². The average Bonchev–Trinajstić information content (AvgIpc) is 3.42. The van der Waals surface area contributed by atoms with Gasteiger partial charge in [0.05, 0.1) is 23.2 Å². The highest BCUT2D eigenvalue weighted by atomic mass is 35.5. The number of carbonyl (C=O) groups is 1. The number of hydrogen-bond acceptors (Lipinski definition) is 4. The van der Waals surface area contributed by atoms with Crippen molar-refractivity contribution in [3.05, 3.63) is 79.9 Å². The molecule has 1 saturated heterocycles. The fourth-order valence-electron chi connectivity index (χ4n) is 4.30. The van der Waals surface area contributed by atoms with Crippen LogP contribution in [0.2, 0.25) is 5.02 Å². The molecule has 2 aromatic carbocycles. The smallest absolute Gasteiger partial charge is 0.265 e. The molecule has 0 unspecified atom stereocenters. The number of amides is 1. The Morgan fingerprint density at radius 2 is 2.09 bits per heavy atom. The molecule has 32 heavy (non-hydrogen) atoms. The van der Waals surface area contributed by atoms with Gasteiger partial charge in [-0.1, -0.05) is 48.0 Å². The predicted molar refractivity (Wildman–Crippen MR) is 130 cm³/mol. The summed E-state index contributed by atoms with van der Waals surface area (Å²) in [7, 11) is 0. The summed E-state index contributed by atoms with van der Waals surface area (Å²) in [5.41, 5.74) is 2.20. The molecule has 5 nitrogen and oxygen atoms in total. The predicted octanol–water partition coefficient (Wildman–Crippen LogP) is 5.53. The van der Waals surface area contributed by atoms with Crippen LogP contribution in [0.5, 0.6) is 0 Å². The molecule has 0 saturated carbocycles. The van der Waals surface area contributed by atoms with E-state index in [9.17, 15) is 9.59 Å². The minimum absolute atomic E-state index is 0.0334. The number of carbonyl (C=O) groups excluding carboxylic acids is 1. The first-order chi connectivity index (χ1) is 15.5. The second-order valence-corrected chi connectivity index (χ2v) is 9.66. The summed E-state index contributed by atoms with van der Waals surface area (Å²) in [5.74, 6) is -0.171. The van der Waals surface area contributed by atoms with Crippen molar-refractivity contribution in [3.63, 3.8) is 0 Å². The molecule has 0 aliphatic carbocycles. The molecular formula is C25H23ClN2O3S. The van der Waals surface area contributed by atoms with Gasteiger partial charge in [0.2, 0.25) is 0 Å². The largest absolute Gasteiger partial charge is 0.376 e. The van der Waals surface area contributed by atoms with Crippen LogP contribution in [0.25, 0.3) is 21.0 Å². The first-order valence-corrected chi connectivity index (χ1v) is 11.9. The monoisotopic (exact) mass is 466 g/mol. The lowest BCUT2D eigenvalue weighted by Crippen LogP contribution is -2.38. The van der Waals surface area contributed by atoms with Crippen LogP contribution in [0, 0.1) is 6.92 Å². The molecule has 4 aromatic rings. The lowest BCUT2D eigenvalue weighted by Gasteiger charge is -2.25. The second kappa shape index (κ2) is 8.70. The number of para-hydroxylation sites is 1. The minimum atomic E-state index is -0.181. The fraction of sp³-hybridized carbons (Fsp3) is 0.280. The molecule has 1 aliphatic heterocycles. The molecular weight excluding hydrogens is 444 g/mol. The highest BCUT2D eigenvalue weighted by Gasteiger charge is 2.27. The first-order valence-electron chi connectivity index (χ1n) is 10.7. The molecule has 1 N–H and O–H groups in total. The average molecular weight is 467 g/mol. The van der Waals surface area contributed by atoms with Crippen molar-refractivity contribution < 1.29 is 9.53 Å². The first kappa shape index (κ1) is 21.2.